The molecule has 0 aliphatic rings. The van der Waals surface area contributed by atoms with Crippen molar-refractivity contribution in [3.63, 3.8) is 0 Å². The molecular formula is C22H48O6. The molecule has 0 aromatic carbocycles. The molecule has 6 nitrogen and oxygen atoms in total. The van der Waals surface area contributed by atoms with Gasteiger partial charge in [-0.05, 0) is 64.2 Å². The molecule has 0 radical (unpaired) electrons. The van der Waals surface area contributed by atoms with Gasteiger partial charge in [-0.1, -0.05) is 38.5 Å². The highest BCUT2D eigenvalue weighted by atomic mass is 16.3. The molecule has 0 amide bonds. The Balaban J connectivity index is 0. The van der Waals surface area contributed by atoms with Crippen LogP contribution in [0.1, 0.15) is 103 Å². The maximum absolute atomic E-state index is 9.56. The van der Waals surface area contributed by atoms with Gasteiger partial charge in [-0.2, -0.15) is 0 Å². The normalized spacial score (nSPS) is 13.1. The van der Waals surface area contributed by atoms with E-state index in [0.717, 1.165) is 103 Å². The summed E-state index contributed by atoms with van der Waals surface area (Å²) < 4.78 is 0. The Morgan fingerprint density at radius 2 is 0.536 bits per heavy atom. The van der Waals surface area contributed by atoms with E-state index in [9.17, 15) is 10.2 Å². The highest BCUT2D eigenvalue weighted by Crippen LogP contribution is 2.11. The molecule has 0 rings (SSSR count). The van der Waals surface area contributed by atoms with Gasteiger partial charge < -0.3 is 30.6 Å². The van der Waals surface area contributed by atoms with Crippen LogP contribution in [-0.2, 0) is 0 Å². The van der Waals surface area contributed by atoms with Gasteiger partial charge in [-0.25, -0.2) is 0 Å². The van der Waals surface area contributed by atoms with E-state index in [-0.39, 0.29) is 32.0 Å². The van der Waals surface area contributed by atoms with Gasteiger partial charge in [0.05, 0.1) is 12.2 Å². The van der Waals surface area contributed by atoms with E-state index in [1.54, 1.807) is 0 Å². The van der Waals surface area contributed by atoms with Crippen LogP contribution in [0.15, 0.2) is 0 Å². The van der Waals surface area contributed by atoms with E-state index >= 15 is 0 Å². The van der Waals surface area contributed by atoms with Crippen LogP contribution in [0.2, 0.25) is 0 Å². The summed E-state index contributed by atoms with van der Waals surface area (Å²) in [6.07, 6.45) is 14.5. The summed E-state index contributed by atoms with van der Waals surface area (Å²) in [5, 5.41) is 53.2. The van der Waals surface area contributed by atoms with Crippen molar-refractivity contribution in [1.82, 2.24) is 0 Å². The van der Waals surface area contributed by atoms with Crippen molar-refractivity contribution in [2.75, 3.05) is 26.4 Å². The second-order valence-electron chi connectivity index (χ2n) is 7.60. The van der Waals surface area contributed by atoms with Crippen LogP contribution in [0.3, 0.4) is 0 Å². The van der Waals surface area contributed by atoms with E-state index in [0.29, 0.717) is 6.61 Å². The molecule has 0 bridgehead atoms. The number of rotatable bonds is 20. The fraction of sp³-hybridized carbons (Fsp3) is 1.00. The van der Waals surface area contributed by atoms with Gasteiger partial charge >= 0.3 is 0 Å². The summed E-state index contributed by atoms with van der Waals surface area (Å²) in [4.78, 5) is 0. The van der Waals surface area contributed by atoms with Crippen LogP contribution >= 0.6 is 0 Å². The Bertz CT molecular complexity index is 265. The monoisotopic (exact) mass is 408 g/mol. The lowest BCUT2D eigenvalue weighted by atomic mass is 10.0. The average Bonchev–Trinajstić information content (AvgIpc) is 2.69. The third kappa shape index (κ3) is 28.0. The van der Waals surface area contributed by atoms with Gasteiger partial charge in [-0.15, -0.1) is 0 Å². The first-order chi connectivity index (χ1) is 13.6. The van der Waals surface area contributed by atoms with Gasteiger partial charge in [0.25, 0.3) is 0 Å². The fourth-order valence-corrected chi connectivity index (χ4v) is 2.96. The molecule has 0 aliphatic carbocycles. The summed E-state index contributed by atoms with van der Waals surface area (Å²) in [5.41, 5.74) is 0. The third-order valence-electron chi connectivity index (χ3n) is 4.78. The SMILES string of the molecule is OCCCCCC(O)CCCCO.OCCCCCCCC(O)CCCCO. The number of hydrogen-bond donors (Lipinski definition) is 6. The van der Waals surface area contributed by atoms with Crippen LogP contribution in [0, 0.1) is 0 Å². The van der Waals surface area contributed by atoms with Crippen LogP contribution in [0.4, 0.5) is 0 Å². The first kappa shape index (κ1) is 30.0. The average molecular weight is 409 g/mol. The molecule has 0 spiro atoms. The molecule has 0 fully saturated rings. The molecule has 0 aromatic rings. The van der Waals surface area contributed by atoms with Gasteiger partial charge in [0.1, 0.15) is 0 Å². The maximum atomic E-state index is 9.56. The maximum Gasteiger partial charge on any atom is 0.0540 e. The van der Waals surface area contributed by atoms with Crippen molar-refractivity contribution in [3.05, 3.63) is 0 Å². The Morgan fingerprint density at radius 3 is 0.893 bits per heavy atom. The van der Waals surface area contributed by atoms with Crippen molar-refractivity contribution in [3.8, 4) is 0 Å². The van der Waals surface area contributed by atoms with Gasteiger partial charge in [-0.3, -0.25) is 0 Å². The minimum Gasteiger partial charge on any atom is -0.396 e. The number of unbranched alkanes of at least 4 members (excludes halogenated alkanes) is 8. The molecule has 6 N–H and O–H groups in total. The predicted molar refractivity (Wildman–Crippen MR) is 114 cm³/mol. The third-order valence-corrected chi connectivity index (χ3v) is 4.78. The lowest BCUT2D eigenvalue weighted by Crippen LogP contribution is -2.06. The zero-order valence-electron chi connectivity index (χ0n) is 18.0. The largest absolute Gasteiger partial charge is 0.396 e. The van der Waals surface area contributed by atoms with Crippen LogP contribution in [-0.4, -0.2) is 69.3 Å². The first-order valence-corrected chi connectivity index (χ1v) is 11.4. The topological polar surface area (TPSA) is 121 Å². The highest BCUT2D eigenvalue weighted by Gasteiger charge is 2.03. The predicted octanol–water partition coefficient (Wildman–Crippen LogP) is 2.91. The lowest BCUT2D eigenvalue weighted by molar-refractivity contribution is 0.143. The van der Waals surface area contributed by atoms with Gasteiger partial charge in [0.15, 0.2) is 0 Å². The Kier molecular flexibility index (Phi) is 28.6. The first-order valence-electron chi connectivity index (χ1n) is 11.4. The van der Waals surface area contributed by atoms with E-state index in [1.165, 1.54) is 0 Å². The van der Waals surface area contributed by atoms with Gasteiger partial charge in [0.2, 0.25) is 0 Å². The molecular weight excluding hydrogens is 360 g/mol. The van der Waals surface area contributed by atoms with Gasteiger partial charge in [0, 0.05) is 26.4 Å². The molecule has 0 saturated heterocycles. The van der Waals surface area contributed by atoms with Crippen molar-refractivity contribution >= 4 is 0 Å². The van der Waals surface area contributed by atoms with E-state index in [1.807, 2.05) is 0 Å². The fourth-order valence-electron chi connectivity index (χ4n) is 2.96. The molecule has 0 aromatic heterocycles. The smallest absolute Gasteiger partial charge is 0.0540 e. The van der Waals surface area contributed by atoms with Crippen molar-refractivity contribution in [1.29, 1.82) is 0 Å². The number of aliphatic hydroxyl groups excluding tert-OH is 6. The van der Waals surface area contributed by atoms with Crippen LogP contribution < -0.4 is 0 Å². The Labute approximate surface area is 172 Å². The summed E-state index contributed by atoms with van der Waals surface area (Å²) in [7, 11) is 0. The molecule has 0 aliphatic heterocycles. The van der Waals surface area contributed by atoms with Crippen LogP contribution in [0.25, 0.3) is 0 Å². The Morgan fingerprint density at radius 1 is 0.321 bits per heavy atom. The minimum absolute atomic E-state index is 0.186. The molecule has 2 unspecified atom stereocenters. The molecule has 2 atom stereocenters. The number of hydrogen-bond acceptors (Lipinski definition) is 6. The van der Waals surface area contributed by atoms with E-state index in [4.69, 9.17) is 20.4 Å². The zero-order valence-corrected chi connectivity index (χ0v) is 18.0. The summed E-state index contributed by atoms with van der Waals surface area (Å²) in [6, 6.07) is 0. The highest BCUT2D eigenvalue weighted by molar-refractivity contribution is 4.57. The second kappa shape index (κ2) is 26.8. The molecule has 0 saturated carbocycles. The van der Waals surface area contributed by atoms with E-state index < -0.39 is 0 Å². The molecule has 0 heterocycles. The zero-order chi connectivity index (χ0) is 21.3. The standard InChI is InChI=1S/C12H26O3.C10H22O3/c13-10-6-3-1-2-4-8-12(15)9-5-7-11-14;11-8-4-1-2-6-10(13)7-3-5-9-12/h12-15H,1-11H2;10-13H,1-9H2. The lowest BCUT2D eigenvalue weighted by Gasteiger charge is -2.09. The molecule has 28 heavy (non-hydrogen) atoms. The molecule has 172 valence electrons. The van der Waals surface area contributed by atoms with Crippen molar-refractivity contribution in [2.45, 2.75) is 115 Å². The van der Waals surface area contributed by atoms with Crippen LogP contribution in [0.5, 0.6) is 0 Å². The Hall–Kier alpha value is -0.240. The quantitative estimate of drug-likeness (QED) is 0.172. The summed E-state index contributed by atoms with van der Waals surface area (Å²) in [5.74, 6) is 0. The number of aliphatic hydroxyl groups is 6. The van der Waals surface area contributed by atoms with Crippen molar-refractivity contribution < 1.29 is 30.6 Å². The minimum atomic E-state index is -0.217. The van der Waals surface area contributed by atoms with E-state index in [2.05, 4.69) is 0 Å². The summed E-state index contributed by atoms with van der Waals surface area (Å²) >= 11 is 0. The summed E-state index contributed by atoms with van der Waals surface area (Å²) in [6.45, 7) is 0.996. The van der Waals surface area contributed by atoms with Crippen molar-refractivity contribution in [2.24, 2.45) is 0 Å². The second-order valence-corrected chi connectivity index (χ2v) is 7.60. The molecule has 6 heteroatoms.